The van der Waals surface area contributed by atoms with Crippen LogP contribution in [-0.4, -0.2) is 18.4 Å². The van der Waals surface area contributed by atoms with Crippen LogP contribution in [0.1, 0.15) is 11.1 Å². The number of hydrogen-bond donors (Lipinski definition) is 1. The third-order valence-electron chi connectivity index (χ3n) is 2.49. The molecule has 19 heavy (non-hydrogen) atoms. The number of sulfonamides is 1. The van der Waals surface area contributed by atoms with Gasteiger partial charge in [-0.1, -0.05) is 12.1 Å². The maximum Gasteiger partial charge on any atom is 0.263 e. The maximum atomic E-state index is 12.3. The van der Waals surface area contributed by atoms with Gasteiger partial charge < -0.3 is 0 Å². The van der Waals surface area contributed by atoms with E-state index in [9.17, 15) is 8.42 Å². The molecule has 1 aromatic heterocycles. The van der Waals surface area contributed by atoms with E-state index >= 15 is 0 Å². The van der Waals surface area contributed by atoms with Crippen molar-refractivity contribution in [2.45, 2.75) is 18.7 Å². The standard InChI is InChI=1S/C12H12BrN3O2S/c1-8-3-4-9(2)10(5-8)19(17,18)16-12-7-14-11(13)6-15-12/h3-7H,1-2H3,(H,15,16). The Morgan fingerprint density at radius 2 is 1.89 bits per heavy atom. The van der Waals surface area contributed by atoms with Crippen LogP contribution in [0.3, 0.4) is 0 Å². The van der Waals surface area contributed by atoms with Gasteiger partial charge in [0.1, 0.15) is 4.60 Å². The van der Waals surface area contributed by atoms with Crippen LogP contribution < -0.4 is 4.72 Å². The molecule has 2 rings (SSSR count). The molecule has 1 heterocycles. The van der Waals surface area contributed by atoms with Gasteiger partial charge in [0, 0.05) is 0 Å². The van der Waals surface area contributed by atoms with Gasteiger partial charge in [-0.2, -0.15) is 0 Å². The van der Waals surface area contributed by atoms with Gasteiger partial charge in [0.25, 0.3) is 10.0 Å². The second-order valence-corrected chi connectivity index (χ2v) is 6.56. The number of rotatable bonds is 3. The molecule has 0 radical (unpaired) electrons. The smallest absolute Gasteiger partial charge is 0.262 e. The van der Waals surface area contributed by atoms with Gasteiger partial charge >= 0.3 is 0 Å². The number of benzene rings is 1. The first-order valence-corrected chi connectivity index (χ1v) is 7.74. The lowest BCUT2D eigenvalue weighted by molar-refractivity contribution is 0.600. The molecule has 0 spiro atoms. The SMILES string of the molecule is Cc1ccc(C)c(S(=O)(=O)Nc2cnc(Br)cn2)c1. The van der Waals surface area contributed by atoms with Crippen molar-refractivity contribution in [2.24, 2.45) is 0 Å². The lowest BCUT2D eigenvalue weighted by atomic mass is 10.2. The molecule has 0 amide bonds. The molecule has 0 aliphatic heterocycles. The highest BCUT2D eigenvalue weighted by molar-refractivity contribution is 9.10. The van der Waals surface area contributed by atoms with E-state index in [0.29, 0.717) is 10.2 Å². The first kappa shape index (κ1) is 14.0. The van der Waals surface area contributed by atoms with Crippen molar-refractivity contribution in [3.05, 3.63) is 46.3 Å². The molecule has 0 saturated carbocycles. The number of aromatic nitrogens is 2. The zero-order chi connectivity index (χ0) is 14.0. The maximum absolute atomic E-state index is 12.3. The number of nitrogens with zero attached hydrogens (tertiary/aromatic N) is 2. The molecule has 5 nitrogen and oxygen atoms in total. The predicted octanol–water partition coefficient (Wildman–Crippen LogP) is 2.66. The first-order valence-electron chi connectivity index (χ1n) is 5.46. The van der Waals surface area contributed by atoms with Gasteiger partial charge in [0.2, 0.25) is 0 Å². The Morgan fingerprint density at radius 3 is 2.53 bits per heavy atom. The van der Waals surface area contributed by atoms with Crippen molar-refractivity contribution in [2.75, 3.05) is 4.72 Å². The van der Waals surface area contributed by atoms with Crippen LogP contribution in [0.4, 0.5) is 5.82 Å². The molecule has 100 valence electrons. The highest BCUT2D eigenvalue weighted by Gasteiger charge is 2.17. The molecular formula is C12H12BrN3O2S. The summed E-state index contributed by atoms with van der Waals surface area (Å²) in [6.45, 7) is 3.60. The van der Waals surface area contributed by atoms with E-state index < -0.39 is 10.0 Å². The highest BCUT2D eigenvalue weighted by atomic mass is 79.9. The van der Waals surface area contributed by atoms with Crippen molar-refractivity contribution in [1.82, 2.24) is 9.97 Å². The van der Waals surface area contributed by atoms with Gasteiger partial charge in [0.05, 0.1) is 17.3 Å². The summed E-state index contributed by atoms with van der Waals surface area (Å²) in [5.74, 6) is 0.184. The monoisotopic (exact) mass is 341 g/mol. The van der Waals surface area contributed by atoms with E-state index in [2.05, 4.69) is 30.6 Å². The summed E-state index contributed by atoms with van der Waals surface area (Å²) in [6.07, 6.45) is 2.79. The Bertz CT molecular complexity index is 699. The van der Waals surface area contributed by atoms with Crippen molar-refractivity contribution >= 4 is 31.8 Å². The summed E-state index contributed by atoms with van der Waals surface area (Å²) in [6, 6.07) is 5.27. The molecule has 0 fully saturated rings. The van der Waals surface area contributed by atoms with Crippen molar-refractivity contribution < 1.29 is 8.42 Å². The van der Waals surface area contributed by atoms with Gasteiger partial charge in [-0.3, -0.25) is 4.72 Å². The minimum Gasteiger partial charge on any atom is -0.262 e. The highest BCUT2D eigenvalue weighted by Crippen LogP contribution is 2.19. The fourth-order valence-electron chi connectivity index (χ4n) is 1.55. The molecule has 0 saturated heterocycles. The Morgan fingerprint density at radius 1 is 1.16 bits per heavy atom. The van der Waals surface area contributed by atoms with Crippen LogP contribution in [0.15, 0.2) is 40.1 Å². The van der Waals surface area contributed by atoms with Crippen LogP contribution in [0, 0.1) is 13.8 Å². The Kier molecular flexibility index (Phi) is 3.86. The van der Waals surface area contributed by atoms with Crippen LogP contribution in [0.5, 0.6) is 0 Å². The first-order chi connectivity index (χ1) is 8.88. The van der Waals surface area contributed by atoms with Crippen LogP contribution >= 0.6 is 15.9 Å². The Labute approximate surface area is 120 Å². The molecular weight excluding hydrogens is 330 g/mol. The quantitative estimate of drug-likeness (QED) is 0.931. The van der Waals surface area contributed by atoms with Gasteiger partial charge in [-0.15, -0.1) is 0 Å². The average molecular weight is 342 g/mol. The third kappa shape index (κ3) is 3.30. The minimum absolute atomic E-state index is 0.184. The van der Waals surface area contributed by atoms with Crippen LogP contribution in [0.2, 0.25) is 0 Å². The average Bonchev–Trinajstić information content (AvgIpc) is 2.35. The van der Waals surface area contributed by atoms with Crippen molar-refractivity contribution in [3.8, 4) is 0 Å². The summed E-state index contributed by atoms with van der Waals surface area (Å²) in [7, 11) is -3.65. The number of hydrogen-bond acceptors (Lipinski definition) is 4. The summed E-state index contributed by atoms with van der Waals surface area (Å²) in [5, 5.41) is 0. The molecule has 0 atom stereocenters. The van der Waals surface area contributed by atoms with Crippen LogP contribution in [0.25, 0.3) is 0 Å². The number of nitrogens with one attached hydrogen (secondary N) is 1. The lowest BCUT2D eigenvalue weighted by Gasteiger charge is -2.10. The third-order valence-corrected chi connectivity index (χ3v) is 4.40. The van der Waals surface area contributed by atoms with E-state index in [1.165, 1.54) is 12.4 Å². The normalized spacial score (nSPS) is 11.3. The fraction of sp³-hybridized carbons (Fsp3) is 0.167. The zero-order valence-electron chi connectivity index (χ0n) is 10.4. The van der Waals surface area contributed by atoms with E-state index in [1.807, 2.05) is 13.0 Å². The molecule has 0 aliphatic rings. The number of anilines is 1. The Hall–Kier alpha value is -1.47. The number of halogens is 1. The molecule has 7 heteroatoms. The van der Waals surface area contributed by atoms with E-state index in [-0.39, 0.29) is 10.7 Å². The largest absolute Gasteiger partial charge is 0.263 e. The molecule has 1 aromatic carbocycles. The molecule has 0 bridgehead atoms. The zero-order valence-corrected chi connectivity index (χ0v) is 12.8. The second kappa shape index (κ2) is 5.26. The van der Waals surface area contributed by atoms with E-state index in [1.54, 1.807) is 19.1 Å². The van der Waals surface area contributed by atoms with Crippen molar-refractivity contribution in [3.63, 3.8) is 0 Å². The predicted molar refractivity (Wildman–Crippen MR) is 76.5 cm³/mol. The molecule has 0 unspecified atom stereocenters. The summed E-state index contributed by atoms with van der Waals surface area (Å²) in [4.78, 5) is 8.11. The Balaban J connectivity index is 2.37. The fourth-order valence-corrected chi connectivity index (χ4v) is 3.08. The van der Waals surface area contributed by atoms with E-state index in [0.717, 1.165) is 5.56 Å². The minimum atomic E-state index is -3.65. The number of aryl methyl sites for hydroxylation is 2. The van der Waals surface area contributed by atoms with Gasteiger partial charge in [-0.25, -0.2) is 18.4 Å². The molecule has 2 aromatic rings. The van der Waals surface area contributed by atoms with Gasteiger partial charge in [0.15, 0.2) is 5.82 Å². The summed E-state index contributed by atoms with van der Waals surface area (Å²) < 4.78 is 27.5. The molecule has 1 N–H and O–H groups in total. The summed E-state index contributed by atoms with van der Waals surface area (Å²) >= 11 is 3.14. The molecule has 0 aliphatic carbocycles. The van der Waals surface area contributed by atoms with Crippen LogP contribution in [-0.2, 0) is 10.0 Å². The van der Waals surface area contributed by atoms with E-state index in [4.69, 9.17) is 0 Å². The summed E-state index contributed by atoms with van der Waals surface area (Å²) in [5.41, 5.74) is 1.57. The van der Waals surface area contributed by atoms with Crippen molar-refractivity contribution in [1.29, 1.82) is 0 Å². The lowest BCUT2D eigenvalue weighted by Crippen LogP contribution is -2.15. The topological polar surface area (TPSA) is 72.0 Å². The second-order valence-electron chi connectivity index (χ2n) is 4.10. The van der Waals surface area contributed by atoms with Gasteiger partial charge in [-0.05, 0) is 47.0 Å².